The van der Waals surface area contributed by atoms with Gasteiger partial charge in [-0.05, 0) is 39.7 Å². The second-order valence-electron chi connectivity index (χ2n) is 4.14. The third-order valence-corrected chi connectivity index (χ3v) is 2.58. The van der Waals surface area contributed by atoms with Crippen LogP contribution < -0.4 is 0 Å². The van der Waals surface area contributed by atoms with E-state index in [2.05, 4.69) is 18.9 Å². The summed E-state index contributed by atoms with van der Waals surface area (Å²) in [4.78, 5) is 13.1. The molecule has 0 N–H and O–H groups in total. The van der Waals surface area contributed by atoms with E-state index in [0.717, 1.165) is 5.92 Å². The highest BCUT2D eigenvalue weighted by Gasteiger charge is 2.24. The molecule has 0 aromatic carbocycles. The maximum Gasteiger partial charge on any atom is 0.131 e. The van der Waals surface area contributed by atoms with Crippen LogP contribution >= 0.6 is 0 Å². The molecule has 2 nitrogen and oxygen atoms in total. The fraction of sp³-hybridized carbons (Fsp3) is 0.900. The highest BCUT2D eigenvalue weighted by molar-refractivity contribution is 5.76. The Hall–Kier alpha value is -0.370. The Morgan fingerprint density at radius 2 is 2.17 bits per heavy atom. The van der Waals surface area contributed by atoms with E-state index in [4.69, 9.17) is 0 Å². The van der Waals surface area contributed by atoms with Gasteiger partial charge in [-0.1, -0.05) is 0 Å². The van der Waals surface area contributed by atoms with E-state index in [-0.39, 0.29) is 0 Å². The standard InChI is InChI=1S/C10H19NO/c1-8(6-9(2)12)11(3)7-10-4-5-10/h8,10H,4-7H2,1-3H3. The Balaban J connectivity index is 2.19. The largest absolute Gasteiger partial charge is 0.303 e. The van der Waals surface area contributed by atoms with Crippen LogP contribution in [0.15, 0.2) is 0 Å². The van der Waals surface area contributed by atoms with Crippen molar-refractivity contribution in [2.45, 2.75) is 39.2 Å². The molecule has 0 aromatic rings. The molecule has 0 saturated heterocycles. The summed E-state index contributed by atoms with van der Waals surface area (Å²) in [6.45, 7) is 4.97. The van der Waals surface area contributed by atoms with E-state index in [1.165, 1.54) is 19.4 Å². The highest BCUT2D eigenvalue weighted by Crippen LogP contribution is 2.29. The number of rotatable bonds is 5. The first-order chi connectivity index (χ1) is 5.59. The minimum Gasteiger partial charge on any atom is -0.303 e. The Bertz CT molecular complexity index is 163. The summed E-state index contributed by atoms with van der Waals surface area (Å²) in [5.74, 6) is 1.22. The van der Waals surface area contributed by atoms with Gasteiger partial charge in [0.1, 0.15) is 5.78 Å². The maximum absolute atomic E-state index is 10.8. The van der Waals surface area contributed by atoms with Crippen molar-refractivity contribution in [3.63, 3.8) is 0 Å². The zero-order valence-electron chi connectivity index (χ0n) is 8.34. The lowest BCUT2D eigenvalue weighted by molar-refractivity contribution is -0.118. The Morgan fingerprint density at radius 1 is 1.58 bits per heavy atom. The molecule has 1 atom stereocenters. The highest BCUT2D eigenvalue weighted by atomic mass is 16.1. The first kappa shape index (κ1) is 9.72. The summed E-state index contributed by atoms with van der Waals surface area (Å²) in [7, 11) is 2.12. The molecule has 0 radical (unpaired) electrons. The summed E-state index contributed by atoms with van der Waals surface area (Å²) in [6, 6.07) is 0.420. The first-order valence-electron chi connectivity index (χ1n) is 4.79. The van der Waals surface area contributed by atoms with Gasteiger partial charge >= 0.3 is 0 Å². The predicted octanol–water partition coefficient (Wildman–Crippen LogP) is 1.70. The van der Waals surface area contributed by atoms with Crippen LogP contribution in [0.4, 0.5) is 0 Å². The second kappa shape index (κ2) is 4.04. The number of nitrogens with zero attached hydrogens (tertiary/aromatic N) is 1. The molecule has 1 fully saturated rings. The topological polar surface area (TPSA) is 20.3 Å². The van der Waals surface area contributed by atoms with E-state index < -0.39 is 0 Å². The lowest BCUT2D eigenvalue weighted by Crippen LogP contribution is -2.32. The van der Waals surface area contributed by atoms with Crippen molar-refractivity contribution in [3.8, 4) is 0 Å². The Morgan fingerprint density at radius 3 is 2.58 bits per heavy atom. The molecule has 0 spiro atoms. The fourth-order valence-electron chi connectivity index (χ4n) is 1.46. The quantitative estimate of drug-likeness (QED) is 0.624. The molecular formula is C10H19NO. The third-order valence-electron chi connectivity index (χ3n) is 2.58. The molecule has 1 saturated carbocycles. The smallest absolute Gasteiger partial charge is 0.131 e. The van der Waals surface area contributed by atoms with Gasteiger partial charge in [0.25, 0.3) is 0 Å². The van der Waals surface area contributed by atoms with Crippen molar-refractivity contribution >= 4 is 5.78 Å². The molecule has 1 rings (SSSR count). The molecular weight excluding hydrogens is 150 g/mol. The van der Waals surface area contributed by atoms with E-state index in [1.54, 1.807) is 6.92 Å². The Labute approximate surface area is 74.9 Å². The fourth-order valence-corrected chi connectivity index (χ4v) is 1.46. The van der Waals surface area contributed by atoms with Gasteiger partial charge in [0, 0.05) is 19.0 Å². The predicted molar refractivity (Wildman–Crippen MR) is 50.1 cm³/mol. The molecule has 70 valence electrons. The molecule has 0 bridgehead atoms. The van der Waals surface area contributed by atoms with Crippen molar-refractivity contribution in [2.75, 3.05) is 13.6 Å². The van der Waals surface area contributed by atoms with Gasteiger partial charge in [-0.15, -0.1) is 0 Å². The molecule has 1 aliphatic carbocycles. The van der Waals surface area contributed by atoms with E-state index in [9.17, 15) is 4.79 Å². The third kappa shape index (κ3) is 3.35. The lowest BCUT2D eigenvalue weighted by Gasteiger charge is -2.23. The summed E-state index contributed by atoms with van der Waals surface area (Å²) in [6.07, 6.45) is 3.47. The number of hydrogen-bond donors (Lipinski definition) is 0. The summed E-state index contributed by atoms with van der Waals surface area (Å²) < 4.78 is 0. The maximum atomic E-state index is 10.8. The Kier molecular flexibility index (Phi) is 3.27. The van der Waals surface area contributed by atoms with E-state index >= 15 is 0 Å². The average Bonchev–Trinajstić information content (AvgIpc) is 2.70. The van der Waals surface area contributed by atoms with Crippen LogP contribution in [-0.2, 0) is 4.79 Å². The van der Waals surface area contributed by atoms with Gasteiger partial charge in [-0.3, -0.25) is 4.79 Å². The summed E-state index contributed by atoms with van der Waals surface area (Å²) in [5.41, 5.74) is 0. The van der Waals surface area contributed by atoms with Crippen LogP contribution in [-0.4, -0.2) is 30.3 Å². The van der Waals surface area contributed by atoms with Crippen LogP contribution in [0.3, 0.4) is 0 Å². The van der Waals surface area contributed by atoms with Crippen molar-refractivity contribution in [1.29, 1.82) is 0 Å². The van der Waals surface area contributed by atoms with Crippen molar-refractivity contribution in [3.05, 3.63) is 0 Å². The number of hydrogen-bond acceptors (Lipinski definition) is 2. The number of carbonyl (C=O) groups is 1. The average molecular weight is 169 g/mol. The number of ketones is 1. The molecule has 0 aromatic heterocycles. The van der Waals surface area contributed by atoms with Crippen molar-refractivity contribution in [2.24, 2.45) is 5.92 Å². The van der Waals surface area contributed by atoms with Crippen LogP contribution in [0.25, 0.3) is 0 Å². The zero-order chi connectivity index (χ0) is 9.14. The van der Waals surface area contributed by atoms with Crippen LogP contribution in [0.2, 0.25) is 0 Å². The molecule has 0 amide bonds. The molecule has 2 heteroatoms. The van der Waals surface area contributed by atoms with Gasteiger partial charge in [-0.2, -0.15) is 0 Å². The normalized spacial score (nSPS) is 19.7. The minimum atomic E-state index is 0.296. The van der Waals surface area contributed by atoms with Crippen molar-refractivity contribution in [1.82, 2.24) is 4.90 Å². The first-order valence-corrected chi connectivity index (χ1v) is 4.79. The molecule has 0 aliphatic heterocycles. The van der Waals surface area contributed by atoms with Crippen LogP contribution in [0, 0.1) is 5.92 Å². The lowest BCUT2D eigenvalue weighted by atomic mass is 10.1. The monoisotopic (exact) mass is 169 g/mol. The number of carbonyl (C=O) groups excluding carboxylic acids is 1. The number of Topliss-reactive ketones (excluding diaryl/α,β-unsaturated/α-hetero) is 1. The SMILES string of the molecule is CC(=O)CC(C)N(C)CC1CC1. The van der Waals surface area contributed by atoms with Gasteiger partial charge in [0.05, 0.1) is 0 Å². The van der Waals surface area contributed by atoms with E-state index in [0.29, 0.717) is 18.2 Å². The van der Waals surface area contributed by atoms with Gasteiger partial charge in [0.15, 0.2) is 0 Å². The zero-order valence-corrected chi connectivity index (χ0v) is 8.34. The van der Waals surface area contributed by atoms with Gasteiger partial charge in [-0.25, -0.2) is 0 Å². The minimum absolute atomic E-state index is 0.296. The van der Waals surface area contributed by atoms with Gasteiger partial charge < -0.3 is 4.90 Å². The van der Waals surface area contributed by atoms with Gasteiger partial charge in [0.2, 0.25) is 0 Å². The molecule has 0 heterocycles. The molecule has 1 unspecified atom stereocenters. The molecule has 12 heavy (non-hydrogen) atoms. The van der Waals surface area contributed by atoms with Crippen LogP contribution in [0.5, 0.6) is 0 Å². The van der Waals surface area contributed by atoms with E-state index in [1.807, 2.05) is 0 Å². The summed E-state index contributed by atoms with van der Waals surface area (Å²) in [5, 5.41) is 0. The second-order valence-corrected chi connectivity index (χ2v) is 4.14. The van der Waals surface area contributed by atoms with Crippen LogP contribution in [0.1, 0.15) is 33.1 Å². The molecule has 1 aliphatic rings. The van der Waals surface area contributed by atoms with Crippen molar-refractivity contribution < 1.29 is 4.79 Å². The summed E-state index contributed by atoms with van der Waals surface area (Å²) >= 11 is 0.